The number of hydrogen-bond donors (Lipinski definition) is 1. The largest absolute Gasteiger partial charge is 0.329 e. The molecule has 1 aliphatic rings. The van der Waals surface area contributed by atoms with E-state index < -0.39 is 0 Å². The summed E-state index contributed by atoms with van der Waals surface area (Å²) >= 11 is 0. The van der Waals surface area contributed by atoms with Gasteiger partial charge in [-0.2, -0.15) is 0 Å². The third kappa shape index (κ3) is 3.15. The summed E-state index contributed by atoms with van der Waals surface area (Å²) in [7, 11) is 0. The Balaban J connectivity index is 1.95. The van der Waals surface area contributed by atoms with Gasteiger partial charge in [0, 0.05) is 24.6 Å². The molecular weight excluding hydrogens is 231 g/mol. The average Bonchev–Trinajstić information content (AvgIpc) is 2.39. The number of halogens is 1. The monoisotopic (exact) mass is 250 g/mol. The number of carbonyl (C=O) groups excluding carboxylic acids is 1. The third-order valence-electron chi connectivity index (χ3n) is 3.51. The fraction of sp³-hybridized carbons (Fsp3) is 0.500. The summed E-state index contributed by atoms with van der Waals surface area (Å²) in [5.41, 5.74) is 6.00. The quantitative estimate of drug-likeness (QED) is 0.827. The molecule has 3 nitrogen and oxygen atoms in total. The molecule has 2 N–H and O–H groups in total. The van der Waals surface area contributed by atoms with Crippen LogP contribution in [0.15, 0.2) is 24.3 Å². The number of nitrogens with zero attached hydrogens (tertiary/aromatic N) is 1. The van der Waals surface area contributed by atoms with Crippen molar-refractivity contribution in [3.8, 4) is 0 Å². The van der Waals surface area contributed by atoms with E-state index in [1.807, 2.05) is 0 Å². The van der Waals surface area contributed by atoms with Gasteiger partial charge in [-0.05, 0) is 38.1 Å². The molecule has 0 spiro atoms. The van der Waals surface area contributed by atoms with Gasteiger partial charge in [0.25, 0.3) is 0 Å². The van der Waals surface area contributed by atoms with Gasteiger partial charge in [-0.1, -0.05) is 12.1 Å². The summed E-state index contributed by atoms with van der Waals surface area (Å²) in [5, 5.41) is 0. The normalized spacial score (nSPS) is 17.9. The van der Waals surface area contributed by atoms with E-state index >= 15 is 0 Å². The van der Waals surface area contributed by atoms with Crippen LogP contribution in [0.5, 0.6) is 0 Å². The number of nitrogens with two attached hydrogens (primary N) is 1. The molecule has 1 aliphatic heterocycles. The topological polar surface area (TPSA) is 46.3 Å². The molecule has 0 aliphatic carbocycles. The molecule has 2 rings (SSSR count). The Labute approximate surface area is 107 Å². The van der Waals surface area contributed by atoms with Gasteiger partial charge in [0.15, 0.2) is 5.78 Å². The molecule has 0 radical (unpaired) electrons. The first kappa shape index (κ1) is 13.2. The number of benzene rings is 1. The van der Waals surface area contributed by atoms with Crippen molar-refractivity contribution in [3.05, 3.63) is 35.6 Å². The maximum absolute atomic E-state index is 13.1. The van der Waals surface area contributed by atoms with Crippen molar-refractivity contribution in [1.29, 1.82) is 0 Å². The number of ketones is 1. The van der Waals surface area contributed by atoms with Crippen LogP contribution in [0.2, 0.25) is 0 Å². The molecule has 0 aromatic heterocycles. The van der Waals surface area contributed by atoms with E-state index in [-0.39, 0.29) is 17.5 Å². The number of Topliss-reactive ketones (excluding diaryl/α,β-unsaturated/α-hetero) is 1. The van der Waals surface area contributed by atoms with Crippen LogP contribution in [0.1, 0.15) is 23.2 Å². The Hall–Kier alpha value is -1.26. The highest BCUT2D eigenvalue weighted by atomic mass is 19.1. The molecule has 1 aromatic rings. The van der Waals surface area contributed by atoms with Gasteiger partial charge in [0.05, 0.1) is 0 Å². The number of hydrogen-bond acceptors (Lipinski definition) is 3. The van der Waals surface area contributed by atoms with Crippen molar-refractivity contribution < 1.29 is 9.18 Å². The molecule has 18 heavy (non-hydrogen) atoms. The fourth-order valence-electron chi connectivity index (χ4n) is 2.48. The molecule has 1 heterocycles. The van der Waals surface area contributed by atoms with Crippen molar-refractivity contribution in [2.45, 2.75) is 12.8 Å². The number of rotatable bonds is 4. The van der Waals surface area contributed by atoms with Crippen LogP contribution in [0.4, 0.5) is 4.39 Å². The van der Waals surface area contributed by atoms with E-state index in [2.05, 4.69) is 4.90 Å². The van der Waals surface area contributed by atoms with E-state index in [4.69, 9.17) is 5.73 Å². The summed E-state index contributed by atoms with van der Waals surface area (Å²) in [5.74, 6) is -0.246. The van der Waals surface area contributed by atoms with Crippen LogP contribution in [0.3, 0.4) is 0 Å². The molecule has 0 saturated carbocycles. The molecule has 0 amide bonds. The van der Waals surface area contributed by atoms with Crippen LogP contribution in [0.25, 0.3) is 0 Å². The first-order valence-corrected chi connectivity index (χ1v) is 6.43. The minimum atomic E-state index is -0.346. The minimum Gasteiger partial charge on any atom is -0.329 e. The molecule has 0 bridgehead atoms. The van der Waals surface area contributed by atoms with Gasteiger partial charge < -0.3 is 10.6 Å². The lowest BCUT2D eigenvalue weighted by molar-refractivity contribution is 0.0842. The van der Waals surface area contributed by atoms with Crippen molar-refractivity contribution in [2.75, 3.05) is 26.2 Å². The van der Waals surface area contributed by atoms with E-state index in [1.165, 1.54) is 12.1 Å². The highest BCUT2D eigenvalue weighted by Gasteiger charge is 2.25. The molecule has 98 valence electrons. The molecule has 0 unspecified atom stereocenters. The van der Waals surface area contributed by atoms with Crippen molar-refractivity contribution in [2.24, 2.45) is 11.7 Å². The average molecular weight is 250 g/mol. The summed E-state index contributed by atoms with van der Waals surface area (Å²) in [4.78, 5) is 14.5. The van der Waals surface area contributed by atoms with Gasteiger partial charge in [0.1, 0.15) is 5.82 Å². The van der Waals surface area contributed by atoms with Crippen molar-refractivity contribution in [3.63, 3.8) is 0 Å². The second-order valence-electron chi connectivity index (χ2n) is 4.78. The Bertz CT molecular complexity index is 414. The van der Waals surface area contributed by atoms with Crippen LogP contribution >= 0.6 is 0 Å². The van der Waals surface area contributed by atoms with Crippen molar-refractivity contribution in [1.82, 2.24) is 4.90 Å². The van der Waals surface area contributed by atoms with Gasteiger partial charge in [-0.15, -0.1) is 0 Å². The zero-order valence-corrected chi connectivity index (χ0v) is 10.4. The lowest BCUT2D eigenvalue weighted by atomic mass is 9.89. The smallest absolute Gasteiger partial charge is 0.166 e. The van der Waals surface area contributed by atoms with E-state index in [1.54, 1.807) is 12.1 Å². The number of likely N-dealkylation sites (tertiary alicyclic amines) is 1. The summed E-state index contributed by atoms with van der Waals surface area (Å²) in [6.45, 7) is 3.36. The maximum atomic E-state index is 13.1. The van der Waals surface area contributed by atoms with Gasteiger partial charge in [-0.3, -0.25) is 4.79 Å². The highest BCUT2D eigenvalue weighted by molar-refractivity contribution is 5.97. The Morgan fingerprint density at radius 2 is 2.11 bits per heavy atom. The van der Waals surface area contributed by atoms with Gasteiger partial charge in [0.2, 0.25) is 0 Å². The van der Waals surface area contributed by atoms with E-state index in [0.717, 1.165) is 32.5 Å². The Morgan fingerprint density at radius 1 is 1.39 bits per heavy atom. The molecule has 1 aromatic carbocycles. The van der Waals surface area contributed by atoms with Crippen LogP contribution < -0.4 is 5.73 Å². The Kier molecular flexibility index (Phi) is 4.44. The molecule has 4 heteroatoms. The predicted molar refractivity (Wildman–Crippen MR) is 68.9 cm³/mol. The molecule has 0 atom stereocenters. The standard InChI is InChI=1S/C14H19FN2O/c15-13-3-1-2-12(10-13)14(18)11-4-7-17(8-5-11)9-6-16/h1-3,10-11H,4-9,16H2. The van der Waals surface area contributed by atoms with Crippen LogP contribution in [-0.4, -0.2) is 36.9 Å². The van der Waals surface area contributed by atoms with E-state index in [0.29, 0.717) is 12.1 Å². The summed E-state index contributed by atoms with van der Waals surface area (Å²) in [6, 6.07) is 5.97. The first-order valence-electron chi connectivity index (χ1n) is 6.43. The summed E-state index contributed by atoms with van der Waals surface area (Å²) < 4.78 is 13.1. The number of carbonyl (C=O) groups is 1. The van der Waals surface area contributed by atoms with Crippen LogP contribution in [-0.2, 0) is 0 Å². The van der Waals surface area contributed by atoms with Gasteiger partial charge >= 0.3 is 0 Å². The third-order valence-corrected chi connectivity index (χ3v) is 3.51. The lowest BCUT2D eigenvalue weighted by Gasteiger charge is -2.30. The second kappa shape index (κ2) is 6.07. The van der Waals surface area contributed by atoms with Crippen LogP contribution in [0, 0.1) is 11.7 Å². The maximum Gasteiger partial charge on any atom is 0.166 e. The molecule has 1 fully saturated rings. The zero-order chi connectivity index (χ0) is 13.0. The molecular formula is C14H19FN2O. The predicted octanol–water partition coefficient (Wildman–Crippen LogP) is 1.68. The molecule has 1 saturated heterocycles. The zero-order valence-electron chi connectivity index (χ0n) is 10.4. The second-order valence-corrected chi connectivity index (χ2v) is 4.78. The fourth-order valence-corrected chi connectivity index (χ4v) is 2.48. The SMILES string of the molecule is NCCN1CCC(C(=O)c2cccc(F)c2)CC1. The summed E-state index contributed by atoms with van der Waals surface area (Å²) in [6.07, 6.45) is 1.69. The van der Waals surface area contributed by atoms with E-state index in [9.17, 15) is 9.18 Å². The minimum absolute atomic E-state index is 0.0285. The Morgan fingerprint density at radius 3 is 2.72 bits per heavy atom. The van der Waals surface area contributed by atoms with Gasteiger partial charge in [-0.25, -0.2) is 4.39 Å². The lowest BCUT2D eigenvalue weighted by Crippen LogP contribution is -2.39. The van der Waals surface area contributed by atoms with Crippen molar-refractivity contribution >= 4 is 5.78 Å². The highest BCUT2D eigenvalue weighted by Crippen LogP contribution is 2.21. The first-order chi connectivity index (χ1) is 8.70. The number of piperidine rings is 1.